The number of carbonyl (C=O) groups is 2. The number of carbonyl (C=O) groups excluding carboxylic acids is 2. The van der Waals surface area contributed by atoms with Crippen molar-refractivity contribution in [3.8, 4) is 0 Å². The molecule has 12 heteroatoms. The summed E-state index contributed by atoms with van der Waals surface area (Å²) in [6.07, 6.45) is 0. The lowest BCUT2D eigenvalue weighted by atomic mass is 9.61. The maximum absolute atomic E-state index is 13.5. The van der Waals surface area contributed by atoms with Gasteiger partial charge in [0.25, 0.3) is 5.52 Å². The summed E-state index contributed by atoms with van der Waals surface area (Å²) in [4.78, 5) is 27.2. The van der Waals surface area contributed by atoms with E-state index in [0.717, 1.165) is 0 Å². The van der Waals surface area contributed by atoms with Crippen molar-refractivity contribution >= 4 is 34.0 Å². The van der Waals surface area contributed by atoms with Gasteiger partial charge in [-0.05, 0) is 41.2 Å². The number of aromatic nitrogens is 4. The van der Waals surface area contributed by atoms with Crippen LogP contribution in [-0.2, 0) is 24.5 Å². The summed E-state index contributed by atoms with van der Waals surface area (Å²) in [5.41, 5.74) is 0.788. The number of nitrogens with zero attached hydrogens (tertiary/aromatic N) is 4. The van der Waals surface area contributed by atoms with Gasteiger partial charge >= 0.3 is 11.9 Å². The van der Waals surface area contributed by atoms with Crippen molar-refractivity contribution in [3.63, 3.8) is 0 Å². The van der Waals surface area contributed by atoms with Gasteiger partial charge in [-0.3, -0.25) is 4.63 Å². The van der Waals surface area contributed by atoms with E-state index < -0.39 is 17.4 Å². The zero-order valence-electron chi connectivity index (χ0n) is 19.1. The van der Waals surface area contributed by atoms with Crippen LogP contribution in [0.2, 0.25) is 0 Å². The minimum absolute atomic E-state index is 0.0643. The number of benzene rings is 2. The molecule has 0 radical (unpaired) electrons. The number of allylic oxidation sites excluding steroid dienone is 2. The van der Waals surface area contributed by atoms with Crippen LogP contribution < -0.4 is 10.2 Å². The standard InChI is InChI=1S/C23H19N5O7/c1-11-17(21(29)32-3)23(18(12(2)24-11)22(30)33-4,13-7-5-9-15-19(13)26-34-25-15)14-8-6-10-16-20(14)27-35-28(16)31/h5-10,24H,1-4H3. The molecule has 2 aromatic heterocycles. The number of dihydropyridines is 1. The molecule has 35 heavy (non-hydrogen) atoms. The first-order valence-corrected chi connectivity index (χ1v) is 10.4. The summed E-state index contributed by atoms with van der Waals surface area (Å²) in [7, 11) is 2.47. The van der Waals surface area contributed by atoms with Crippen LogP contribution in [0.25, 0.3) is 22.1 Å². The highest BCUT2D eigenvalue weighted by Crippen LogP contribution is 2.52. The third-order valence-electron chi connectivity index (χ3n) is 6.17. The second-order valence-corrected chi connectivity index (χ2v) is 7.90. The molecule has 2 aromatic carbocycles. The van der Waals surface area contributed by atoms with Crippen molar-refractivity contribution in [2.75, 3.05) is 14.2 Å². The molecular formula is C23H19N5O7. The topological polar surface area (TPSA) is 157 Å². The van der Waals surface area contributed by atoms with Gasteiger partial charge in [-0.1, -0.05) is 24.3 Å². The maximum atomic E-state index is 13.5. The van der Waals surface area contributed by atoms with E-state index in [0.29, 0.717) is 28.0 Å². The summed E-state index contributed by atoms with van der Waals surface area (Å²) >= 11 is 0. The summed E-state index contributed by atoms with van der Waals surface area (Å²) in [6, 6.07) is 9.82. The summed E-state index contributed by atoms with van der Waals surface area (Å²) in [6.45, 7) is 3.35. The smallest absolute Gasteiger partial charge is 0.337 e. The van der Waals surface area contributed by atoms with Gasteiger partial charge in [-0.25, -0.2) is 14.2 Å². The first kappa shape index (κ1) is 22.1. The fourth-order valence-electron chi connectivity index (χ4n) is 4.90. The summed E-state index contributed by atoms with van der Waals surface area (Å²) in [5, 5.41) is 27.4. The van der Waals surface area contributed by atoms with Gasteiger partial charge < -0.3 is 20.0 Å². The van der Waals surface area contributed by atoms with Crippen LogP contribution in [0.15, 0.2) is 68.2 Å². The molecule has 0 saturated heterocycles. The first-order valence-electron chi connectivity index (χ1n) is 10.4. The molecule has 0 saturated carbocycles. The number of esters is 2. The van der Waals surface area contributed by atoms with Crippen LogP contribution in [0.3, 0.4) is 0 Å². The quantitative estimate of drug-likeness (QED) is 0.337. The van der Waals surface area contributed by atoms with Crippen molar-refractivity contribution in [3.05, 3.63) is 75.3 Å². The van der Waals surface area contributed by atoms with E-state index in [1.165, 1.54) is 20.3 Å². The third kappa shape index (κ3) is 2.92. The van der Waals surface area contributed by atoms with Crippen LogP contribution in [0, 0.1) is 5.21 Å². The predicted molar refractivity (Wildman–Crippen MR) is 118 cm³/mol. The Morgan fingerprint density at radius 1 is 0.914 bits per heavy atom. The van der Waals surface area contributed by atoms with Gasteiger partial charge in [-0.2, -0.15) is 0 Å². The van der Waals surface area contributed by atoms with Crippen LogP contribution in [-0.4, -0.2) is 41.6 Å². The van der Waals surface area contributed by atoms with Gasteiger partial charge in [-0.15, -0.1) is 0 Å². The zero-order chi connectivity index (χ0) is 24.9. The average molecular weight is 477 g/mol. The van der Waals surface area contributed by atoms with E-state index in [-0.39, 0.29) is 32.6 Å². The van der Waals surface area contributed by atoms with E-state index in [1.807, 2.05) is 0 Å². The minimum Gasteiger partial charge on any atom is -0.466 e. The Bertz CT molecular complexity index is 1540. The molecule has 178 valence electrons. The minimum atomic E-state index is -1.71. The number of hydrogen-bond donors (Lipinski definition) is 1. The predicted octanol–water partition coefficient (Wildman–Crippen LogP) is 1.78. The lowest BCUT2D eigenvalue weighted by molar-refractivity contribution is -0.782. The van der Waals surface area contributed by atoms with Crippen molar-refractivity contribution in [1.29, 1.82) is 0 Å². The highest BCUT2D eigenvalue weighted by atomic mass is 16.8. The van der Waals surface area contributed by atoms with Gasteiger partial charge in [0.2, 0.25) is 5.52 Å². The zero-order valence-corrected chi connectivity index (χ0v) is 19.1. The Balaban J connectivity index is 2.09. The Labute approximate surface area is 197 Å². The molecule has 0 atom stereocenters. The second-order valence-electron chi connectivity index (χ2n) is 7.90. The number of fused-ring (bicyclic) bond motifs is 2. The molecule has 0 bridgehead atoms. The molecule has 1 aliphatic heterocycles. The Hall–Kier alpha value is -4.74. The van der Waals surface area contributed by atoms with Gasteiger partial charge in [0.15, 0.2) is 0 Å². The number of rotatable bonds is 4. The molecular weight excluding hydrogens is 458 g/mol. The monoisotopic (exact) mass is 477 g/mol. The molecule has 0 spiro atoms. The van der Waals surface area contributed by atoms with Crippen molar-refractivity contribution in [2.45, 2.75) is 19.3 Å². The van der Waals surface area contributed by atoms with E-state index in [9.17, 15) is 14.8 Å². The SMILES string of the molecule is COC(=O)C1=C(C)NC(C)=C(C(=O)OC)C1(c1cccc2nonc12)c1cccc2c1no[n+]2[O-]. The van der Waals surface area contributed by atoms with Gasteiger partial charge in [0.05, 0.1) is 30.8 Å². The molecule has 3 heterocycles. The normalized spacial score (nSPS) is 15.4. The average Bonchev–Trinajstić information content (AvgIpc) is 3.49. The second kappa shape index (κ2) is 7.94. The van der Waals surface area contributed by atoms with Crippen LogP contribution >= 0.6 is 0 Å². The highest BCUT2D eigenvalue weighted by molar-refractivity contribution is 6.06. The van der Waals surface area contributed by atoms with Crippen LogP contribution in [0.4, 0.5) is 0 Å². The number of ether oxygens (including phenoxy) is 2. The molecule has 0 unspecified atom stereocenters. The fourth-order valence-corrected chi connectivity index (χ4v) is 4.90. The number of nitrogens with one attached hydrogen (secondary N) is 1. The van der Waals surface area contributed by atoms with Crippen molar-refractivity contribution in [2.24, 2.45) is 0 Å². The first-order chi connectivity index (χ1) is 16.9. The summed E-state index contributed by atoms with van der Waals surface area (Å²) < 4.78 is 20.2. The number of hydrogen-bond acceptors (Lipinski definition) is 11. The van der Waals surface area contributed by atoms with E-state index in [1.54, 1.807) is 44.2 Å². The van der Waals surface area contributed by atoms with E-state index >= 15 is 0 Å². The molecule has 0 amide bonds. The van der Waals surface area contributed by atoms with Crippen LogP contribution in [0.1, 0.15) is 25.0 Å². The van der Waals surface area contributed by atoms with Gasteiger partial charge in [0.1, 0.15) is 11.0 Å². The molecule has 1 aliphatic rings. The molecule has 1 N–H and O–H groups in total. The van der Waals surface area contributed by atoms with E-state index in [4.69, 9.17) is 18.7 Å². The maximum Gasteiger partial charge on any atom is 0.337 e. The Kier molecular flexibility index (Phi) is 5.01. The van der Waals surface area contributed by atoms with Crippen molar-refractivity contribution in [1.82, 2.24) is 20.8 Å². The lowest BCUT2D eigenvalue weighted by Crippen LogP contribution is -2.46. The van der Waals surface area contributed by atoms with E-state index in [2.05, 4.69) is 20.8 Å². The molecule has 5 rings (SSSR count). The molecule has 4 aromatic rings. The third-order valence-corrected chi connectivity index (χ3v) is 6.17. The number of methoxy groups -OCH3 is 2. The highest BCUT2D eigenvalue weighted by Gasteiger charge is 2.55. The fraction of sp³-hybridized carbons (Fsp3) is 0.217. The Morgan fingerprint density at radius 2 is 1.51 bits per heavy atom. The summed E-state index contributed by atoms with van der Waals surface area (Å²) in [5.74, 6) is -1.46. The molecule has 12 nitrogen and oxygen atoms in total. The molecule has 0 aliphatic carbocycles. The molecule has 0 fully saturated rings. The Morgan fingerprint density at radius 3 is 2.14 bits per heavy atom. The largest absolute Gasteiger partial charge is 0.466 e. The lowest BCUT2D eigenvalue weighted by Gasteiger charge is -2.41. The van der Waals surface area contributed by atoms with Gasteiger partial charge in [0, 0.05) is 27.7 Å². The van der Waals surface area contributed by atoms with Crippen molar-refractivity contribution < 1.29 is 33.2 Å². The van der Waals surface area contributed by atoms with Crippen LogP contribution in [0.5, 0.6) is 0 Å².